The number of carbonyl (C=O) groups is 1. The van der Waals surface area contributed by atoms with Gasteiger partial charge in [0.25, 0.3) is 0 Å². The highest BCUT2D eigenvalue weighted by Gasteiger charge is 2.16. The largest absolute Gasteiger partial charge is 0.368 e. The van der Waals surface area contributed by atoms with Crippen LogP contribution in [0.4, 0.5) is 11.9 Å². The van der Waals surface area contributed by atoms with Gasteiger partial charge in [-0.05, 0) is 6.92 Å². The van der Waals surface area contributed by atoms with E-state index in [9.17, 15) is 4.79 Å². The summed E-state index contributed by atoms with van der Waals surface area (Å²) >= 11 is 0. The molecule has 2 heterocycles. The number of nitrogen functional groups attached to an aromatic ring is 1. The van der Waals surface area contributed by atoms with Gasteiger partial charge in [-0.1, -0.05) is 0 Å². The number of aromatic nitrogens is 5. The van der Waals surface area contributed by atoms with Gasteiger partial charge in [0.05, 0.1) is 6.54 Å². The maximum absolute atomic E-state index is 11.9. The zero-order chi connectivity index (χ0) is 15.4. The Morgan fingerprint density at radius 3 is 2.67 bits per heavy atom. The monoisotopic (exact) mass is 290 g/mol. The standard InChI is InChI=1S/C12H18N8O/c1-4-19(7-9(21)18(2)3)11-15-10(13)16-12(17-11)20-6-5-14-8-20/h5-6,8H,4,7H2,1-3H3,(H2,13,15,16,17). The van der Waals surface area contributed by atoms with Crippen LogP contribution in [0.15, 0.2) is 18.7 Å². The Morgan fingerprint density at radius 1 is 1.33 bits per heavy atom. The number of nitrogens with zero attached hydrogens (tertiary/aromatic N) is 7. The Labute approximate surface area is 122 Å². The van der Waals surface area contributed by atoms with Gasteiger partial charge in [0.1, 0.15) is 6.33 Å². The van der Waals surface area contributed by atoms with E-state index in [2.05, 4.69) is 19.9 Å². The van der Waals surface area contributed by atoms with Crippen LogP contribution in [0.3, 0.4) is 0 Å². The molecule has 0 fully saturated rings. The molecular weight excluding hydrogens is 272 g/mol. The van der Waals surface area contributed by atoms with Crippen molar-refractivity contribution in [2.75, 3.05) is 37.8 Å². The molecule has 9 nitrogen and oxygen atoms in total. The summed E-state index contributed by atoms with van der Waals surface area (Å²) in [6.07, 6.45) is 4.90. The molecule has 112 valence electrons. The van der Waals surface area contributed by atoms with E-state index in [1.165, 1.54) is 4.90 Å². The summed E-state index contributed by atoms with van der Waals surface area (Å²) in [4.78, 5) is 31.6. The van der Waals surface area contributed by atoms with E-state index in [-0.39, 0.29) is 18.4 Å². The van der Waals surface area contributed by atoms with Crippen molar-refractivity contribution in [3.05, 3.63) is 18.7 Å². The number of anilines is 2. The molecule has 2 N–H and O–H groups in total. The van der Waals surface area contributed by atoms with Crippen molar-refractivity contribution in [3.8, 4) is 5.95 Å². The topological polar surface area (TPSA) is 106 Å². The summed E-state index contributed by atoms with van der Waals surface area (Å²) in [5, 5.41) is 0. The van der Waals surface area contributed by atoms with Gasteiger partial charge in [-0.25, -0.2) is 4.98 Å². The highest BCUT2D eigenvalue weighted by atomic mass is 16.2. The minimum atomic E-state index is -0.0417. The lowest BCUT2D eigenvalue weighted by Crippen LogP contribution is -2.37. The number of hydrogen-bond donors (Lipinski definition) is 1. The molecule has 0 atom stereocenters. The molecule has 0 saturated carbocycles. The Hall–Kier alpha value is -2.71. The number of carbonyl (C=O) groups excluding carboxylic acids is 1. The third-order valence-corrected chi connectivity index (χ3v) is 2.85. The molecule has 0 radical (unpaired) electrons. The van der Waals surface area contributed by atoms with Gasteiger partial charge >= 0.3 is 0 Å². The quantitative estimate of drug-likeness (QED) is 0.795. The smallest absolute Gasteiger partial charge is 0.241 e. The molecule has 1 amide bonds. The van der Waals surface area contributed by atoms with Crippen LogP contribution in [-0.2, 0) is 4.79 Å². The maximum Gasteiger partial charge on any atom is 0.241 e. The van der Waals surface area contributed by atoms with Gasteiger partial charge in [0.15, 0.2) is 0 Å². The van der Waals surface area contributed by atoms with E-state index in [0.29, 0.717) is 18.4 Å². The fraction of sp³-hybridized carbons (Fsp3) is 0.417. The first-order valence-corrected chi connectivity index (χ1v) is 6.46. The summed E-state index contributed by atoms with van der Waals surface area (Å²) in [5.74, 6) is 0.786. The molecule has 21 heavy (non-hydrogen) atoms. The lowest BCUT2D eigenvalue weighted by molar-refractivity contribution is -0.127. The van der Waals surface area contributed by atoms with Gasteiger partial charge < -0.3 is 15.5 Å². The van der Waals surface area contributed by atoms with E-state index in [0.717, 1.165) is 0 Å². The number of rotatable bonds is 5. The van der Waals surface area contributed by atoms with Crippen LogP contribution in [0.2, 0.25) is 0 Å². The van der Waals surface area contributed by atoms with E-state index in [1.807, 2.05) is 6.92 Å². The van der Waals surface area contributed by atoms with Gasteiger partial charge in [-0.3, -0.25) is 9.36 Å². The normalized spacial score (nSPS) is 10.4. The zero-order valence-electron chi connectivity index (χ0n) is 12.3. The first kappa shape index (κ1) is 14.7. The maximum atomic E-state index is 11.9. The minimum Gasteiger partial charge on any atom is -0.368 e. The van der Waals surface area contributed by atoms with Gasteiger partial charge in [0.2, 0.25) is 23.8 Å². The Morgan fingerprint density at radius 2 is 2.10 bits per heavy atom. The highest BCUT2D eigenvalue weighted by Crippen LogP contribution is 2.11. The van der Waals surface area contributed by atoms with Crippen LogP contribution >= 0.6 is 0 Å². The summed E-state index contributed by atoms with van der Waals surface area (Å²) < 4.78 is 1.63. The van der Waals surface area contributed by atoms with Gasteiger partial charge in [0, 0.05) is 33.0 Å². The van der Waals surface area contributed by atoms with E-state index < -0.39 is 0 Å². The molecular formula is C12H18N8O. The van der Waals surface area contributed by atoms with Crippen LogP contribution < -0.4 is 10.6 Å². The lowest BCUT2D eigenvalue weighted by atomic mass is 10.4. The average Bonchev–Trinajstić information content (AvgIpc) is 2.97. The first-order chi connectivity index (χ1) is 10.0. The van der Waals surface area contributed by atoms with Gasteiger partial charge in [-0.15, -0.1) is 0 Å². The van der Waals surface area contributed by atoms with Gasteiger partial charge in [-0.2, -0.15) is 15.0 Å². The second-order valence-electron chi connectivity index (χ2n) is 4.57. The molecule has 0 aromatic carbocycles. The van der Waals surface area contributed by atoms with E-state index in [1.54, 1.807) is 42.3 Å². The zero-order valence-corrected chi connectivity index (χ0v) is 12.3. The molecule has 2 aromatic rings. The number of likely N-dealkylation sites (N-methyl/N-ethyl adjacent to an activating group) is 2. The van der Waals surface area contributed by atoms with E-state index >= 15 is 0 Å². The predicted octanol–water partition coefficient (Wildman–Crippen LogP) is -0.446. The summed E-state index contributed by atoms with van der Waals surface area (Å²) in [5.41, 5.74) is 5.73. The van der Waals surface area contributed by atoms with Crippen molar-refractivity contribution < 1.29 is 4.79 Å². The Bertz CT molecular complexity index is 610. The molecule has 0 bridgehead atoms. The average molecular weight is 290 g/mol. The highest BCUT2D eigenvalue weighted by molar-refractivity contribution is 5.80. The molecule has 0 aliphatic carbocycles. The molecule has 0 saturated heterocycles. The van der Waals surface area contributed by atoms with Crippen LogP contribution in [0, 0.1) is 0 Å². The number of hydrogen-bond acceptors (Lipinski definition) is 7. The molecule has 0 aliphatic rings. The minimum absolute atomic E-state index is 0.0417. The van der Waals surface area contributed by atoms with Crippen molar-refractivity contribution in [1.29, 1.82) is 0 Å². The van der Waals surface area contributed by atoms with Crippen molar-refractivity contribution >= 4 is 17.8 Å². The Kier molecular flexibility index (Phi) is 4.31. The Balaban J connectivity index is 2.31. The van der Waals surface area contributed by atoms with Crippen LogP contribution in [0.5, 0.6) is 0 Å². The molecule has 0 unspecified atom stereocenters. The van der Waals surface area contributed by atoms with Crippen molar-refractivity contribution in [1.82, 2.24) is 29.4 Å². The second kappa shape index (κ2) is 6.16. The first-order valence-electron chi connectivity index (χ1n) is 6.46. The summed E-state index contributed by atoms with van der Waals surface area (Å²) in [6.45, 7) is 2.67. The molecule has 2 aromatic heterocycles. The van der Waals surface area contributed by atoms with Crippen LogP contribution in [-0.4, -0.2) is 62.5 Å². The fourth-order valence-corrected chi connectivity index (χ4v) is 1.63. The SMILES string of the molecule is CCN(CC(=O)N(C)C)c1nc(N)nc(-n2ccnc2)n1. The fourth-order valence-electron chi connectivity index (χ4n) is 1.63. The van der Waals surface area contributed by atoms with E-state index in [4.69, 9.17) is 5.73 Å². The predicted molar refractivity (Wildman–Crippen MR) is 77.9 cm³/mol. The van der Waals surface area contributed by atoms with Crippen LogP contribution in [0.1, 0.15) is 6.92 Å². The number of imidazole rings is 1. The molecule has 0 aliphatic heterocycles. The van der Waals surface area contributed by atoms with Crippen molar-refractivity contribution in [2.24, 2.45) is 0 Å². The third kappa shape index (κ3) is 3.44. The van der Waals surface area contributed by atoms with Crippen molar-refractivity contribution in [3.63, 3.8) is 0 Å². The molecule has 2 rings (SSSR count). The molecule has 9 heteroatoms. The third-order valence-electron chi connectivity index (χ3n) is 2.85. The van der Waals surface area contributed by atoms with Crippen LogP contribution in [0.25, 0.3) is 5.95 Å². The lowest BCUT2D eigenvalue weighted by Gasteiger charge is -2.22. The van der Waals surface area contributed by atoms with Crippen molar-refractivity contribution in [2.45, 2.75) is 6.92 Å². The summed E-state index contributed by atoms with van der Waals surface area (Å²) in [6, 6.07) is 0. The second-order valence-corrected chi connectivity index (χ2v) is 4.57. The summed E-state index contributed by atoms with van der Waals surface area (Å²) in [7, 11) is 3.41. The molecule has 0 spiro atoms. The number of nitrogens with two attached hydrogens (primary N) is 1. The number of amides is 1.